The Bertz CT molecular complexity index is 788. The normalized spacial score (nSPS) is 13.3. The highest BCUT2D eigenvalue weighted by Crippen LogP contribution is 2.12. The van der Waals surface area contributed by atoms with E-state index in [1.807, 2.05) is 60.7 Å². The van der Waals surface area contributed by atoms with Gasteiger partial charge in [0.25, 0.3) is 5.91 Å². The molecule has 2 amide bonds. The summed E-state index contributed by atoms with van der Waals surface area (Å²) in [5.41, 5.74) is 1.17. The Labute approximate surface area is 172 Å². The Hall–Kier alpha value is -2.86. The van der Waals surface area contributed by atoms with Gasteiger partial charge in [-0.15, -0.1) is 0 Å². The Kier molecular flexibility index (Phi) is 7.79. The molecule has 0 aromatic heterocycles. The number of alkyl carbamates (subject to hydrolysis) is 1. The van der Waals surface area contributed by atoms with Crippen molar-refractivity contribution in [3.05, 3.63) is 71.8 Å². The first-order valence-corrected chi connectivity index (χ1v) is 9.66. The molecular weight excluding hydrogens is 368 g/mol. The third-order valence-electron chi connectivity index (χ3n) is 4.27. The molecule has 6 nitrogen and oxygen atoms in total. The highest BCUT2D eigenvalue weighted by atomic mass is 16.6. The quantitative estimate of drug-likeness (QED) is 0.751. The van der Waals surface area contributed by atoms with Gasteiger partial charge in [-0.05, 0) is 38.3 Å². The maximum absolute atomic E-state index is 12.8. The van der Waals surface area contributed by atoms with Crippen molar-refractivity contribution in [2.75, 3.05) is 7.05 Å². The molecule has 0 aliphatic rings. The molecule has 0 fully saturated rings. The molecule has 0 bridgehead atoms. The molecule has 0 saturated carbocycles. The first-order chi connectivity index (χ1) is 13.7. The van der Waals surface area contributed by atoms with Gasteiger partial charge in [0, 0.05) is 13.6 Å². The van der Waals surface area contributed by atoms with Crippen LogP contribution in [-0.4, -0.2) is 46.8 Å². The molecule has 0 aliphatic heterocycles. The van der Waals surface area contributed by atoms with Crippen molar-refractivity contribution in [1.82, 2.24) is 10.2 Å². The molecule has 2 atom stereocenters. The van der Waals surface area contributed by atoms with E-state index in [9.17, 15) is 14.7 Å². The van der Waals surface area contributed by atoms with Gasteiger partial charge in [-0.3, -0.25) is 4.79 Å². The molecule has 0 saturated heterocycles. The van der Waals surface area contributed by atoms with Gasteiger partial charge in [-0.25, -0.2) is 4.79 Å². The fraction of sp³-hybridized carbons (Fsp3) is 0.391. The first kappa shape index (κ1) is 22.4. The van der Waals surface area contributed by atoms with Crippen LogP contribution in [0.2, 0.25) is 0 Å². The third kappa shape index (κ3) is 7.58. The molecule has 2 aromatic rings. The third-order valence-corrected chi connectivity index (χ3v) is 4.27. The predicted octanol–water partition coefficient (Wildman–Crippen LogP) is 3.14. The predicted molar refractivity (Wildman–Crippen MR) is 112 cm³/mol. The van der Waals surface area contributed by atoms with E-state index in [2.05, 4.69) is 5.32 Å². The summed E-state index contributed by atoms with van der Waals surface area (Å²) in [6.45, 7) is 5.64. The Morgan fingerprint density at radius 2 is 1.52 bits per heavy atom. The summed E-state index contributed by atoms with van der Waals surface area (Å²) in [5, 5.41) is 13.4. The summed E-state index contributed by atoms with van der Waals surface area (Å²) < 4.78 is 5.31. The molecule has 0 aliphatic carbocycles. The van der Waals surface area contributed by atoms with Crippen molar-refractivity contribution < 1.29 is 19.4 Å². The zero-order chi connectivity index (χ0) is 21.4. The lowest BCUT2D eigenvalue weighted by atomic mass is 10.0. The minimum absolute atomic E-state index is 0.298. The molecule has 0 spiro atoms. The van der Waals surface area contributed by atoms with E-state index >= 15 is 0 Å². The van der Waals surface area contributed by atoms with Crippen LogP contribution in [0.25, 0.3) is 0 Å². The van der Waals surface area contributed by atoms with E-state index in [4.69, 9.17) is 4.74 Å². The molecule has 2 aromatic carbocycles. The molecule has 0 radical (unpaired) electrons. The van der Waals surface area contributed by atoms with E-state index in [0.717, 1.165) is 11.1 Å². The van der Waals surface area contributed by atoms with Crippen LogP contribution in [0.1, 0.15) is 31.9 Å². The maximum atomic E-state index is 12.8. The van der Waals surface area contributed by atoms with Crippen LogP contribution in [0.15, 0.2) is 60.7 Å². The SMILES string of the molecule is CN(Cc1ccccc1)C(=O)C(O)C(Cc1ccccc1)NC(=O)OC(C)(C)C. The summed E-state index contributed by atoms with van der Waals surface area (Å²) in [4.78, 5) is 26.6. The van der Waals surface area contributed by atoms with Crippen LogP contribution in [-0.2, 0) is 22.5 Å². The molecule has 2 rings (SSSR count). The van der Waals surface area contributed by atoms with Crippen LogP contribution < -0.4 is 5.32 Å². The fourth-order valence-electron chi connectivity index (χ4n) is 2.90. The molecule has 29 heavy (non-hydrogen) atoms. The second-order valence-electron chi connectivity index (χ2n) is 8.07. The zero-order valence-electron chi connectivity index (χ0n) is 17.5. The largest absolute Gasteiger partial charge is 0.444 e. The number of hydrogen-bond donors (Lipinski definition) is 2. The average molecular weight is 399 g/mol. The number of ether oxygens (including phenoxy) is 1. The lowest BCUT2D eigenvalue weighted by Gasteiger charge is -2.29. The van der Waals surface area contributed by atoms with Gasteiger partial charge >= 0.3 is 6.09 Å². The van der Waals surface area contributed by atoms with Gasteiger partial charge < -0.3 is 20.1 Å². The van der Waals surface area contributed by atoms with Crippen LogP contribution in [0.5, 0.6) is 0 Å². The Morgan fingerprint density at radius 3 is 2.03 bits per heavy atom. The summed E-state index contributed by atoms with van der Waals surface area (Å²) in [6, 6.07) is 18.1. The highest BCUT2D eigenvalue weighted by Gasteiger charge is 2.31. The minimum atomic E-state index is -1.41. The lowest BCUT2D eigenvalue weighted by molar-refractivity contribution is -0.140. The first-order valence-electron chi connectivity index (χ1n) is 9.66. The number of aliphatic hydroxyl groups excluding tert-OH is 1. The van der Waals surface area contributed by atoms with Crippen molar-refractivity contribution in [3.8, 4) is 0 Å². The topological polar surface area (TPSA) is 78.9 Å². The van der Waals surface area contributed by atoms with Gasteiger partial charge in [0.1, 0.15) is 5.60 Å². The van der Waals surface area contributed by atoms with Crippen LogP contribution >= 0.6 is 0 Å². The van der Waals surface area contributed by atoms with Gasteiger partial charge in [0.15, 0.2) is 6.10 Å². The van der Waals surface area contributed by atoms with Crippen molar-refractivity contribution in [3.63, 3.8) is 0 Å². The number of amides is 2. The molecule has 2 N–H and O–H groups in total. The van der Waals surface area contributed by atoms with Gasteiger partial charge in [0.05, 0.1) is 6.04 Å². The Morgan fingerprint density at radius 1 is 1.00 bits per heavy atom. The number of nitrogens with one attached hydrogen (secondary N) is 1. The highest BCUT2D eigenvalue weighted by molar-refractivity contribution is 5.82. The number of carbonyl (C=O) groups excluding carboxylic acids is 2. The minimum Gasteiger partial charge on any atom is -0.444 e. The van der Waals surface area contributed by atoms with E-state index in [-0.39, 0.29) is 0 Å². The molecule has 156 valence electrons. The second-order valence-corrected chi connectivity index (χ2v) is 8.07. The van der Waals surface area contributed by atoms with Crippen molar-refractivity contribution >= 4 is 12.0 Å². The van der Waals surface area contributed by atoms with Gasteiger partial charge in [-0.1, -0.05) is 60.7 Å². The second kappa shape index (κ2) is 10.1. The fourth-order valence-corrected chi connectivity index (χ4v) is 2.90. The van der Waals surface area contributed by atoms with Crippen LogP contribution in [0, 0.1) is 0 Å². The molecule has 6 heteroatoms. The van der Waals surface area contributed by atoms with Gasteiger partial charge in [-0.2, -0.15) is 0 Å². The number of hydrogen-bond acceptors (Lipinski definition) is 4. The standard InChI is InChI=1S/C23H30N2O4/c1-23(2,3)29-22(28)24-19(15-17-11-7-5-8-12-17)20(26)21(27)25(4)16-18-13-9-6-10-14-18/h5-14,19-20,26H,15-16H2,1-4H3,(H,24,28). The Balaban J connectivity index is 2.12. The van der Waals surface area contributed by atoms with Crippen LogP contribution in [0.4, 0.5) is 4.79 Å². The number of likely N-dealkylation sites (N-methyl/N-ethyl adjacent to an activating group) is 1. The maximum Gasteiger partial charge on any atom is 0.407 e. The summed E-state index contributed by atoms with van der Waals surface area (Å²) in [5.74, 6) is -0.467. The smallest absolute Gasteiger partial charge is 0.407 e. The molecule has 0 heterocycles. The van der Waals surface area contributed by atoms with E-state index < -0.39 is 29.7 Å². The zero-order valence-corrected chi connectivity index (χ0v) is 17.5. The summed E-state index contributed by atoms with van der Waals surface area (Å²) >= 11 is 0. The molecular formula is C23H30N2O4. The van der Waals surface area contributed by atoms with Crippen molar-refractivity contribution in [1.29, 1.82) is 0 Å². The van der Waals surface area contributed by atoms with E-state index in [1.54, 1.807) is 27.8 Å². The van der Waals surface area contributed by atoms with E-state index in [0.29, 0.717) is 13.0 Å². The monoisotopic (exact) mass is 398 g/mol. The summed E-state index contributed by atoms with van der Waals surface area (Å²) in [7, 11) is 1.63. The van der Waals surface area contributed by atoms with Crippen molar-refractivity contribution in [2.45, 2.75) is 51.5 Å². The molecule has 2 unspecified atom stereocenters. The number of nitrogens with zero attached hydrogens (tertiary/aromatic N) is 1. The number of aliphatic hydroxyl groups is 1. The number of carbonyl (C=O) groups is 2. The van der Waals surface area contributed by atoms with Crippen LogP contribution in [0.3, 0.4) is 0 Å². The van der Waals surface area contributed by atoms with E-state index in [1.165, 1.54) is 4.90 Å². The average Bonchev–Trinajstić information content (AvgIpc) is 2.66. The summed E-state index contributed by atoms with van der Waals surface area (Å²) in [6.07, 6.45) is -1.78. The van der Waals surface area contributed by atoms with Crippen molar-refractivity contribution in [2.24, 2.45) is 0 Å². The lowest BCUT2D eigenvalue weighted by Crippen LogP contribution is -2.52. The van der Waals surface area contributed by atoms with Gasteiger partial charge in [0.2, 0.25) is 0 Å². The number of rotatable bonds is 7. The number of benzene rings is 2.